The summed E-state index contributed by atoms with van der Waals surface area (Å²) in [5, 5.41) is 4.71. The number of rotatable bonds is 11. The number of hydrogen-bond acceptors (Lipinski definition) is 6. The number of imidazole rings is 1. The lowest BCUT2D eigenvalue weighted by Crippen LogP contribution is -2.44. The molecule has 11 nitrogen and oxygen atoms in total. The summed E-state index contributed by atoms with van der Waals surface area (Å²) in [5.74, 6) is -5.04. The number of alkyl carbamates (subject to hydrolysis) is 1. The molecule has 0 spiro atoms. The molecule has 0 saturated carbocycles. The Morgan fingerprint density at radius 1 is 1.12 bits per heavy atom. The Labute approximate surface area is 239 Å². The molecule has 0 fully saturated rings. The molecular formula is C26H26F6N6O5. The largest absolute Gasteiger partial charge is 0.453 e. The first kappa shape index (κ1) is 32.7. The summed E-state index contributed by atoms with van der Waals surface area (Å²) in [6.45, 7) is -0.277. The second kappa shape index (κ2) is 13.4. The molecule has 232 valence electrons. The Kier molecular flexibility index (Phi) is 10.2. The number of aromatic amines is 1. The van der Waals surface area contributed by atoms with E-state index in [9.17, 15) is 45.5 Å². The number of primary amides is 1. The van der Waals surface area contributed by atoms with Crippen molar-refractivity contribution in [3.8, 4) is 0 Å². The third kappa shape index (κ3) is 8.83. The summed E-state index contributed by atoms with van der Waals surface area (Å²) in [4.78, 5) is 55.4. The van der Waals surface area contributed by atoms with Crippen molar-refractivity contribution in [2.45, 2.75) is 44.2 Å². The van der Waals surface area contributed by atoms with Gasteiger partial charge >= 0.3 is 18.4 Å². The average molecular weight is 617 g/mol. The van der Waals surface area contributed by atoms with Gasteiger partial charge in [0.1, 0.15) is 17.6 Å². The van der Waals surface area contributed by atoms with Gasteiger partial charge in [-0.05, 0) is 49.1 Å². The molecule has 0 radical (unpaired) electrons. The standard InChI is InChI=1S/C26H26F6N6O5/c1-43-24(42)36-16(7-2-3-10-19(33)39)22(40)35-17-9-5-11-38(23(17)41)13-20-34-15-8-4-6-14(21(15)37-20)12-18(25(27,28)29)26(30,31)32/h3-6,8-11,16,18H,2,7,12-13H2,1H3,(H2,33,39)(H,34,37)(H,35,40)(H,36,42). The van der Waals surface area contributed by atoms with Crippen molar-refractivity contribution in [2.75, 3.05) is 12.4 Å². The van der Waals surface area contributed by atoms with Crippen LogP contribution in [0, 0.1) is 5.92 Å². The van der Waals surface area contributed by atoms with Crippen molar-refractivity contribution in [3.05, 3.63) is 70.4 Å². The Morgan fingerprint density at radius 3 is 2.44 bits per heavy atom. The maximum absolute atomic E-state index is 13.1. The van der Waals surface area contributed by atoms with Gasteiger partial charge in [-0.15, -0.1) is 0 Å². The number of carbonyl (C=O) groups excluding carboxylic acids is 3. The molecule has 5 N–H and O–H groups in total. The topological polar surface area (TPSA) is 161 Å². The molecule has 3 rings (SSSR count). The molecule has 17 heteroatoms. The number of ether oxygens (including phenoxy) is 1. The van der Waals surface area contributed by atoms with Crippen molar-refractivity contribution in [3.63, 3.8) is 0 Å². The average Bonchev–Trinajstić information content (AvgIpc) is 3.32. The van der Waals surface area contributed by atoms with E-state index in [4.69, 9.17) is 5.73 Å². The summed E-state index contributed by atoms with van der Waals surface area (Å²) in [5.41, 5.74) is 3.85. The fourth-order valence-electron chi connectivity index (χ4n) is 4.09. The van der Waals surface area contributed by atoms with Crippen LogP contribution in [0.5, 0.6) is 0 Å². The first-order valence-corrected chi connectivity index (χ1v) is 12.5. The second-order valence-electron chi connectivity index (χ2n) is 9.25. The Morgan fingerprint density at radius 2 is 1.81 bits per heavy atom. The van der Waals surface area contributed by atoms with Crippen LogP contribution in [0.25, 0.3) is 11.0 Å². The van der Waals surface area contributed by atoms with Crippen LogP contribution in [0.4, 0.5) is 36.8 Å². The van der Waals surface area contributed by atoms with E-state index in [2.05, 4.69) is 25.3 Å². The van der Waals surface area contributed by atoms with E-state index in [0.29, 0.717) is 0 Å². The number of H-pyrrole nitrogens is 1. The third-order valence-electron chi connectivity index (χ3n) is 6.16. The number of amides is 3. The van der Waals surface area contributed by atoms with E-state index in [0.717, 1.165) is 23.8 Å². The monoisotopic (exact) mass is 616 g/mol. The molecule has 2 heterocycles. The van der Waals surface area contributed by atoms with E-state index < -0.39 is 54.2 Å². The van der Waals surface area contributed by atoms with Crippen LogP contribution in [-0.2, 0) is 27.3 Å². The van der Waals surface area contributed by atoms with Crippen LogP contribution in [0.2, 0.25) is 0 Å². The van der Waals surface area contributed by atoms with Gasteiger partial charge in [-0.2, -0.15) is 26.3 Å². The molecule has 0 aliphatic rings. The van der Waals surface area contributed by atoms with E-state index >= 15 is 0 Å². The molecule has 0 saturated heterocycles. The number of para-hydroxylation sites is 1. The zero-order valence-electron chi connectivity index (χ0n) is 22.4. The Bertz CT molecular complexity index is 1550. The number of nitrogens with zero attached hydrogens (tertiary/aromatic N) is 2. The highest BCUT2D eigenvalue weighted by molar-refractivity contribution is 5.96. The van der Waals surface area contributed by atoms with E-state index in [1.807, 2.05) is 0 Å². The minimum atomic E-state index is -5.52. The van der Waals surface area contributed by atoms with Gasteiger partial charge in [0.05, 0.1) is 24.7 Å². The summed E-state index contributed by atoms with van der Waals surface area (Å²) in [6, 6.07) is 5.32. The van der Waals surface area contributed by atoms with Gasteiger partial charge in [0.2, 0.25) is 11.8 Å². The molecule has 0 aliphatic carbocycles. The number of methoxy groups -OCH3 is 1. The van der Waals surface area contributed by atoms with Crippen molar-refractivity contribution in [2.24, 2.45) is 11.7 Å². The highest BCUT2D eigenvalue weighted by Gasteiger charge is 2.56. The number of nitrogens with one attached hydrogen (secondary N) is 3. The van der Waals surface area contributed by atoms with Gasteiger partial charge in [-0.3, -0.25) is 14.4 Å². The summed E-state index contributed by atoms with van der Waals surface area (Å²) in [6.07, 6.45) is -9.39. The normalized spacial score (nSPS) is 12.9. The lowest BCUT2D eigenvalue weighted by molar-refractivity contribution is -0.283. The van der Waals surface area contributed by atoms with Crippen LogP contribution in [0.15, 0.2) is 53.5 Å². The van der Waals surface area contributed by atoms with Crippen LogP contribution >= 0.6 is 0 Å². The number of hydrogen-bond donors (Lipinski definition) is 4. The molecule has 1 unspecified atom stereocenters. The fraction of sp³-hybridized carbons (Fsp3) is 0.346. The van der Waals surface area contributed by atoms with Crippen LogP contribution in [0.1, 0.15) is 24.2 Å². The first-order valence-electron chi connectivity index (χ1n) is 12.5. The number of fused-ring (bicyclic) bond motifs is 1. The van der Waals surface area contributed by atoms with Crippen molar-refractivity contribution in [1.29, 1.82) is 0 Å². The number of anilines is 1. The molecule has 2 aromatic heterocycles. The fourth-order valence-corrected chi connectivity index (χ4v) is 4.09. The molecule has 43 heavy (non-hydrogen) atoms. The lowest BCUT2D eigenvalue weighted by atomic mass is 9.97. The highest BCUT2D eigenvalue weighted by Crippen LogP contribution is 2.41. The highest BCUT2D eigenvalue weighted by atomic mass is 19.4. The SMILES string of the molecule is COC(=O)NC(CCC=CC(N)=O)C(=O)Nc1cccn(Cc2nc3c(CC(C(F)(F)F)C(F)(F)F)cccc3[nH]2)c1=O. The van der Waals surface area contributed by atoms with Crippen LogP contribution in [-0.4, -0.2) is 57.9 Å². The maximum atomic E-state index is 13.1. The Balaban J connectivity index is 1.83. The second-order valence-corrected chi connectivity index (χ2v) is 9.25. The number of aromatic nitrogens is 3. The predicted molar refractivity (Wildman–Crippen MR) is 141 cm³/mol. The number of halogens is 6. The van der Waals surface area contributed by atoms with Gasteiger partial charge in [-0.1, -0.05) is 18.2 Å². The first-order chi connectivity index (χ1) is 20.1. The van der Waals surface area contributed by atoms with Crippen LogP contribution in [0.3, 0.4) is 0 Å². The zero-order chi connectivity index (χ0) is 31.9. The molecule has 1 atom stereocenters. The van der Waals surface area contributed by atoms with Crippen molar-refractivity contribution in [1.82, 2.24) is 19.9 Å². The van der Waals surface area contributed by atoms with Crippen molar-refractivity contribution >= 4 is 34.6 Å². The zero-order valence-corrected chi connectivity index (χ0v) is 22.4. The Hall–Kier alpha value is -4.83. The minimum Gasteiger partial charge on any atom is -0.453 e. The van der Waals surface area contributed by atoms with Gasteiger partial charge in [0, 0.05) is 6.20 Å². The third-order valence-corrected chi connectivity index (χ3v) is 6.16. The molecular weight excluding hydrogens is 590 g/mol. The van der Waals surface area contributed by atoms with Gasteiger partial charge in [0.25, 0.3) is 5.56 Å². The summed E-state index contributed by atoms with van der Waals surface area (Å²) < 4.78 is 84.5. The van der Waals surface area contributed by atoms with E-state index in [1.165, 1.54) is 36.5 Å². The van der Waals surface area contributed by atoms with E-state index in [-0.39, 0.29) is 47.5 Å². The molecule has 3 amide bonds. The molecule has 0 aliphatic heterocycles. The van der Waals surface area contributed by atoms with Crippen molar-refractivity contribution < 1.29 is 45.5 Å². The van der Waals surface area contributed by atoms with Crippen LogP contribution < -0.4 is 21.9 Å². The number of carbonyl (C=O) groups is 3. The minimum absolute atomic E-state index is 0.0105. The number of nitrogens with two attached hydrogens (primary N) is 1. The lowest BCUT2D eigenvalue weighted by Gasteiger charge is -2.23. The quantitative estimate of drug-likeness (QED) is 0.190. The van der Waals surface area contributed by atoms with Gasteiger partial charge < -0.3 is 30.7 Å². The number of allylic oxidation sites excluding steroid dienone is 1. The maximum Gasteiger partial charge on any atom is 0.407 e. The van der Waals surface area contributed by atoms with E-state index in [1.54, 1.807) is 0 Å². The number of pyridine rings is 1. The molecule has 1 aromatic carbocycles. The molecule has 0 bridgehead atoms. The smallest absolute Gasteiger partial charge is 0.407 e. The van der Waals surface area contributed by atoms with Gasteiger partial charge in [0.15, 0.2) is 5.92 Å². The number of benzene rings is 1. The number of alkyl halides is 6. The van der Waals surface area contributed by atoms with Gasteiger partial charge in [-0.25, -0.2) is 9.78 Å². The molecule has 3 aromatic rings. The summed E-state index contributed by atoms with van der Waals surface area (Å²) >= 11 is 0. The predicted octanol–water partition coefficient (Wildman–Crippen LogP) is 3.54. The summed E-state index contributed by atoms with van der Waals surface area (Å²) in [7, 11) is 1.08.